The zero-order chi connectivity index (χ0) is 13.8. The van der Waals surface area contributed by atoms with Crippen LogP contribution in [-0.4, -0.2) is 41.0 Å². The highest BCUT2D eigenvalue weighted by atomic mass is 15.1. The van der Waals surface area contributed by atoms with Crippen LogP contribution >= 0.6 is 0 Å². The molecule has 0 unspecified atom stereocenters. The topological polar surface area (TPSA) is 67.1 Å². The number of rotatable bonds is 5. The highest BCUT2D eigenvalue weighted by Crippen LogP contribution is 2.21. The number of fused-ring (bicyclic) bond motifs is 1. The molecule has 5 nitrogen and oxygen atoms in total. The summed E-state index contributed by atoms with van der Waals surface area (Å²) in [7, 11) is 0. The quantitative estimate of drug-likeness (QED) is 0.644. The Labute approximate surface area is 119 Å². The first-order chi connectivity index (χ1) is 9.83. The fraction of sp³-hybridized carbons (Fsp3) is 0.467. The third-order valence-corrected chi connectivity index (χ3v) is 3.80. The van der Waals surface area contributed by atoms with E-state index in [0.717, 1.165) is 41.9 Å². The zero-order valence-electron chi connectivity index (χ0n) is 11.7. The molecular weight excluding hydrogens is 250 g/mol. The highest BCUT2D eigenvalue weighted by molar-refractivity contribution is 5.91. The van der Waals surface area contributed by atoms with E-state index in [9.17, 15) is 0 Å². The van der Waals surface area contributed by atoms with E-state index in [4.69, 9.17) is 5.73 Å². The Balaban J connectivity index is 1.60. The number of benzene rings is 1. The lowest BCUT2D eigenvalue weighted by Crippen LogP contribution is -2.22. The third-order valence-electron chi connectivity index (χ3n) is 3.80. The lowest BCUT2D eigenvalue weighted by Gasteiger charge is -2.14. The van der Waals surface area contributed by atoms with Crippen molar-refractivity contribution in [3.8, 4) is 0 Å². The van der Waals surface area contributed by atoms with E-state index in [1.807, 2.05) is 18.2 Å². The van der Waals surface area contributed by atoms with Crippen LogP contribution in [0.1, 0.15) is 19.3 Å². The van der Waals surface area contributed by atoms with Crippen LogP contribution in [0.4, 0.5) is 11.5 Å². The molecule has 0 spiro atoms. The molecule has 106 valence electrons. The van der Waals surface area contributed by atoms with Crippen LogP contribution < -0.4 is 11.1 Å². The SMILES string of the molecule is Nc1ccc2ncnc(NCCCN3CCCC3)c2c1. The van der Waals surface area contributed by atoms with Crippen LogP contribution in [0.3, 0.4) is 0 Å². The summed E-state index contributed by atoms with van der Waals surface area (Å²) in [5.41, 5.74) is 7.51. The van der Waals surface area contributed by atoms with Gasteiger partial charge in [-0.15, -0.1) is 0 Å². The molecule has 0 atom stereocenters. The molecule has 0 bridgehead atoms. The van der Waals surface area contributed by atoms with Crippen molar-refractivity contribution in [2.45, 2.75) is 19.3 Å². The van der Waals surface area contributed by atoms with Crippen molar-refractivity contribution in [1.82, 2.24) is 14.9 Å². The molecule has 1 aliphatic heterocycles. The zero-order valence-corrected chi connectivity index (χ0v) is 11.7. The predicted octanol–water partition coefficient (Wildman–Crippen LogP) is 2.11. The van der Waals surface area contributed by atoms with Crippen LogP contribution in [0.15, 0.2) is 24.5 Å². The van der Waals surface area contributed by atoms with Gasteiger partial charge in [0.15, 0.2) is 0 Å². The van der Waals surface area contributed by atoms with Crippen LogP contribution in [-0.2, 0) is 0 Å². The number of nitrogens with two attached hydrogens (primary N) is 1. The van der Waals surface area contributed by atoms with E-state index in [0.29, 0.717) is 0 Å². The minimum absolute atomic E-state index is 0.743. The normalized spacial score (nSPS) is 15.8. The average Bonchev–Trinajstić information content (AvgIpc) is 2.97. The maximum absolute atomic E-state index is 5.84. The predicted molar refractivity (Wildman–Crippen MR) is 82.7 cm³/mol. The van der Waals surface area contributed by atoms with Crippen molar-refractivity contribution >= 4 is 22.4 Å². The Kier molecular flexibility index (Phi) is 3.97. The molecule has 20 heavy (non-hydrogen) atoms. The van der Waals surface area contributed by atoms with E-state index >= 15 is 0 Å². The number of aromatic nitrogens is 2. The number of nitrogens with zero attached hydrogens (tertiary/aromatic N) is 3. The standard InChI is InChI=1S/C15H21N5/c16-12-4-5-14-13(10-12)15(19-11-18-14)17-6-3-9-20-7-1-2-8-20/h4-5,10-11H,1-3,6-9,16H2,(H,17,18,19). The number of hydrogen-bond acceptors (Lipinski definition) is 5. The Morgan fingerprint density at radius 2 is 2.05 bits per heavy atom. The fourth-order valence-electron chi connectivity index (χ4n) is 2.73. The molecule has 0 amide bonds. The van der Waals surface area contributed by atoms with Gasteiger partial charge in [-0.05, 0) is 57.1 Å². The molecule has 1 aliphatic rings. The molecule has 3 rings (SSSR count). The van der Waals surface area contributed by atoms with E-state index in [1.165, 1.54) is 25.9 Å². The molecule has 0 radical (unpaired) electrons. The lowest BCUT2D eigenvalue weighted by atomic mass is 10.2. The van der Waals surface area contributed by atoms with E-state index < -0.39 is 0 Å². The smallest absolute Gasteiger partial charge is 0.137 e. The maximum Gasteiger partial charge on any atom is 0.137 e. The first-order valence-electron chi connectivity index (χ1n) is 7.29. The van der Waals surface area contributed by atoms with Crippen molar-refractivity contribution < 1.29 is 0 Å². The molecule has 1 saturated heterocycles. The minimum atomic E-state index is 0.743. The summed E-state index contributed by atoms with van der Waals surface area (Å²) in [6, 6.07) is 5.73. The number of nitrogens with one attached hydrogen (secondary N) is 1. The highest BCUT2D eigenvalue weighted by Gasteiger charge is 2.10. The number of nitrogen functional groups attached to an aromatic ring is 1. The van der Waals surface area contributed by atoms with Gasteiger partial charge in [-0.1, -0.05) is 0 Å². The van der Waals surface area contributed by atoms with Crippen molar-refractivity contribution in [3.63, 3.8) is 0 Å². The van der Waals surface area contributed by atoms with Gasteiger partial charge in [0.1, 0.15) is 12.1 Å². The summed E-state index contributed by atoms with van der Waals surface area (Å²) >= 11 is 0. The van der Waals surface area contributed by atoms with E-state index in [1.54, 1.807) is 6.33 Å². The molecule has 0 saturated carbocycles. The second-order valence-electron chi connectivity index (χ2n) is 5.33. The van der Waals surface area contributed by atoms with Gasteiger partial charge in [-0.2, -0.15) is 0 Å². The molecule has 1 aromatic heterocycles. The molecule has 2 heterocycles. The number of likely N-dealkylation sites (tertiary alicyclic amines) is 1. The van der Waals surface area contributed by atoms with Crippen LogP contribution in [0, 0.1) is 0 Å². The van der Waals surface area contributed by atoms with E-state index in [2.05, 4.69) is 20.2 Å². The Hall–Kier alpha value is -1.88. The van der Waals surface area contributed by atoms with Crippen molar-refractivity contribution in [1.29, 1.82) is 0 Å². The summed E-state index contributed by atoms with van der Waals surface area (Å²) in [5.74, 6) is 0.878. The third kappa shape index (κ3) is 2.99. The summed E-state index contributed by atoms with van der Waals surface area (Å²) in [6.45, 7) is 4.61. The van der Waals surface area contributed by atoms with Crippen molar-refractivity contribution in [3.05, 3.63) is 24.5 Å². The Morgan fingerprint density at radius 3 is 2.90 bits per heavy atom. The maximum atomic E-state index is 5.84. The first kappa shape index (κ1) is 13.1. The van der Waals surface area contributed by atoms with Crippen LogP contribution in [0.5, 0.6) is 0 Å². The van der Waals surface area contributed by atoms with Gasteiger partial charge in [-0.25, -0.2) is 9.97 Å². The van der Waals surface area contributed by atoms with Gasteiger partial charge in [0.2, 0.25) is 0 Å². The summed E-state index contributed by atoms with van der Waals surface area (Å²) in [5, 5.41) is 4.40. The molecular formula is C15H21N5. The van der Waals surface area contributed by atoms with E-state index in [-0.39, 0.29) is 0 Å². The molecule has 1 aromatic carbocycles. The first-order valence-corrected chi connectivity index (χ1v) is 7.29. The largest absolute Gasteiger partial charge is 0.399 e. The Bertz CT molecular complexity index is 577. The number of hydrogen-bond donors (Lipinski definition) is 2. The monoisotopic (exact) mass is 271 g/mol. The molecule has 2 aromatic rings. The fourth-order valence-corrected chi connectivity index (χ4v) is 2.73. The molecule has 5 heteroatoms. The second kappa shape index (κ2) is 6.05. The van der Waals surface area contributed by atoms with Gasteiger partial charge in [0.05, 0.1) is 5.52 Å². The van der Waals surface area contributed by atoms with Gasteiger partial charge >= 0.3 is 0 Å². The van der Waals surface area contributed by atoms with Crippen LogP contribution in [0.2, 0.25) is 0 Å². The summed E-state index contributed by atoms with van der Waals surface area (Å²) in [6.07, 6.45) is 5.43. The lowest BCUT2D eigenvalue weighted by molar-refractivity contribution is 0.337. The van der Waals surface area contributed by atoms with Gasteiger partial charge < -0.3 is 16.0 Å². The van der Waals surface area contributed by atoms with Gasteiger partial charge in [0.25, 0.3) is 0 Å². The molecule has 0 aliphatic carbocycles. The summed E-state index contributed by atoms with van der Waals surface area (Å²) in [4.78, 5) is 11.1. The molecule has 1 fully saturated rings. The average molecular weight is 271 g/mol. The molecule has 3 N–H and O–H groups in total. The van der Waals surface area contributed by atoms with Crippen LogP contribution in [0.25, 0.3) is 10.9 Å². The van der Waals surface area contributed by atoms with Crippen molar-refractivity contribution in [2.75, 3.05) is 37.2 Å². The summed E-state index contributed by atoms with van der Waals surface area (Å²) < 4.78 is 0. The van der Waals surface area contributed by atoms with Gasteiger partial charge in [0, 0.05) is 17.6 Å². The van der Waals surface area contributed by atoms with Gasteiger partial charge in [-0.3, -0.25) is 0 Å². The second-order valence-corrected chi connectivity index (χ2v) is 5.33. The van der Waals surface area contributed by atoms with Crippen molar-refractivity contribution in [2.24, 2.45) is 0 Å². The minimum Gasteiger partial charge on any atom is -0.399 e. The number of anilines is 2. The Morgan fingerprint density at radius 1 is 1.20 bits per heavy atom.